The molecule has 0 bridgehead atoms. The van der Waals surface area contributed by atoms with Crippen LogP contribution in [0.15, 0.2) is 29.6 Å². The van der Waals surface area contributed by atoms with Crippen LogP contribution in [0.2, 0.25) is 0 Å². The van der Waals surface area contributed by atoms with Gasteiger partial charge in [0.1, 0.15) is 5.00 Å². The van der Waals surface area contributed by atoms with Crippen molar-refractivity contribution in [3.8, 4) is 11.5 Å². The standard InChI is InChI=1S/C12H15N3O5S2.C9H12O2/c1-7(16)13-10-9-8(6-21-10)11(17)15(12(9)18)4-5-22(19,20)14(2)3;1-3-11-9-7-5-4-6-8(9)10-2/h6H,4-5H2,1-3H3,(H,13,16);4-7H,3H2,1-2H3. The van der Waals surface area contributed by atoms with E-state index in [-0.39, 0.29) is 29.3 Å². The van der Waals surface area contributed by atoms with Gasteiger partial charge in [0.05, 0.1) is 30.6 Å². The lowest BCUT2D eigenvalue weighted by molar-refractivity contribution is -0.114. The van der Waals surface area contributed by atoms with E-state index in [1.54, 1.807) is 7.11 Å². The van der Waals surface area contributed by atoms with E-state index in [0.29, 0.717) is 11.6 Å². The van der Waals surface area contributed by atoms with Crippen LogP contribution in [0.1, 0.15) is 34.6 Å². The Morgan fingerprint density at radius 1 is 1.15 bits per heavy atom. The number of carbonyl (C=O) groups is 3. The third-order valence-corrected chi connectivity index (χ3v) is 7.22. The molecule has 180 valence electrons. The van der Waals surface area contributed by atoms with E-state index in [1.807, 2.05) is 31.2 Å². The number of thiophene rings is 1. The van der Waals surface area contributed by atoms with E-state index in [0.717, 1.165) is 32.0 Å². The number of benzene rings is 1. The molecule has 12 heteroatoms. The van der Waals surface area contributed by atoms with Crippen molar-refractivity contribution in [2.45, 2.75) is 13.8 Å². The van der Waals surface area contributed by atoms with Gasteiger partial charge in [0.25, 0.3) is 11.8 Å². The Labute approximate surface area is 197 Å². The van der Waals surface area contributed by atoms with Crippen LogP contribution in [0.25, 0.3) is 0 Å². The number of ether oxygens (including phenoxy) is 2. The second kappa shape index (κ2) is 11.3. The summed E-state index contributed by atoms with van der Waals surface area (Å²) in [6.45, 7) is 3.69. The fourth-order valence-electron chi connectivity index (χ4n) is 2.84. The third-order valence-electron chi connectivity index (χ3n) is 4.51. The lowest BCUT2D eigenvalue weighted by atomic mass is 10.2. The Hall–Kier alpha value is -2.96. The van der Waals surface area contributed by atoms with Gasteiger partial charge in [-0.25, -0.2) is 12.7 Å². The van der Waals surface area contributed by atoms with Gasteiger partial charge in [-0.1, -0.05) is 12.1 Å². The first-order valence-electron chi connectivity index (χ1n) is 9.94. The van der Waals surface area contributed by atoms with E-state index in [4.69, 9.17) is 9.47 Å². The molecule has 0 saturated carbocycles. The van der Waals surface area contributed by atoms with Gasteiger partial charge in [0.2, 0.25) is 15.9 Å². The molecule has 2 aromatic rings. The Morgan fingerprint density at radius 3 is 2.33 bits per heavy atom. The molecule has 1 aliphatic heterocycles. The monoisotopic (exact) mass is 497 g/mol. The number of imide groups is 1. The highest BCUT2D eigenvalue weighted by atomic mass is 32.2. The first kappa shape index (κ1) is 26.3. The lowest BCUT2D eigenvalue weighted by Crippen LogP contribution is -2.37. The van der Waals surface area contributed by atoms with Gasteiger partial charge in [-0.3, -0.25) is 19.3 Å². The summed E-state index contributed by atoms with van der Waals surface area (Å²) in [6.07, 6.45) is 0. The number of anilines is 1. The molecule has 0 radical (unpaired) electrons. The second-order valence-electron chi connectivity index (χ2n) is 6.98. The SMILES string of the molecule is CC(=O)Nc1scc2c1C(=O)N(CCS(=O)(=O)N(C)C)C2=O.CCOc1ccccc1OC. The summed E-state index contributed by atoms with van der Waals surface area (Å²) in [6, 6.07) is 7.61. The van der Waals surface area contributed by atoms with E-state index in [2.05, 4.69) is 5.32 Å². The molecule has 33 heavy (non-hydrogen) atoms. The van der Waals surface area contributed by atoms with Crippen molar-refractivity contribution in [1.29, 1.82) is 0 Å². The molecule has 1 aromatic carbocycles. The maximum absolute atomic E-state index is 12.3. The average molecular weight is 498 g/mol. The number of amides is 3. The molecule has 3 amide bonds. The highest BCUT2D eigenvalue weighted by Crippen LogP contribution is 2.35. The Balaban J connectivity index is 0.000000294. The number of nitrogens with zero attached hydrogens (tertiary/aromatic N) is 2. The van der Waals surface area contributed by atoms with Gasteiger partial charge < -0.3 is 14.8 Å². The maximum atomic E-state index is 12.3. The number of para-hydroxylation sites is 2. The van der Waals surface area contributed by atoms with E-state index >= 15 is 0 Å². The molecule has 2 heterocycles. The van der Waals surface area contributed by atoms with Crippen LogP contribution in [0.4, 0.5) is 5.00 Å². The Bertz CT molecular complexity index is 1130. The zero-order chi connectivity index (χ0) is 24.8. The number of methoxy groups -OCH3 is 1. The zero-order valence-electron chi connectivity index (χ0n) is 19.1. The van der Waals surface area contributed by atoms with Crippen LogP contribution in [-0.4, -0.2) is 75.5 Å². The predicted molar refractivity (Wildman–Crippen MR) is 126 cm³/mol. The smallest absolute Gasteiger partial charge is 0.264 e. The summed E-state index contributed by atoms with van der Waals surface area (Å²) in [7, 11) is 0.891. The average Bonchev–Trinajstić information content (AvgIpc) is 3.27. The summed E-state index contributed by atoms with van der Waals surface area (Å²) in [5.41, 5.74) is 0.327. The van der Waals surface area contributed by atoms with Crippen LogP contribution in [0, 0.1) is 0 Å². The van der Waals surface area contributed by atoms with E-state index in [9.17, 15) is 22.8 Å². The first-order chi connectivity index (χ1) is 15.5. The van der Waals surface area contributed by atoms with Crippen LogP contribution in [-0.2, 0) is 14.8 Å². The molecule has 1 aromatic heterocycles. The first-order valence-corrected chi connectivity index (χ1v) is 12.4. The number of carbonyl (C=O) groups excluding carboxylic acids is 3. The molecular weight excluding hydrogens is 470 g/mol. The zero-order valence-corrected chi connectivity index (χ0v) is 20.7. The number of rotatable bonds is 8. The molecule has 10 nitrogen and oxygen atoms in total. The van der Waals surface area contributed by atoms with Gasteiger partial charge in [-0.2, -0.15) is 0 Å². The molecule has 0 spiro atoms. The molecule has 1 aliphatic rings. The van der Waals surface area contributed by atoms with Crippen LogP contribution in [0.3, 0.4) is 0 Å². The number of fused-ring (bicyclic) bond motifs is 1. The highest BCUT2D eigenvalue weighted by Gasteiger charge is 2.39. The molecular formula is C21H27N3O7S2. The van der Waals surface area contributed by atoms with Crippen molar-refractivity contribution < 1.29 is 32.3 Å². The normalized spacial score (nSPS) is 12.8. The van der Waals surface area contributed by atoms with Gasteiger partial charge >= 0.3 is 0 Å². The minimum atomic E-state index is -3.51. The second-order valence-corrected chi connectivity index (χ2v) is 10.2. The molecule has 3 rings (SSSR count). The van der Waals surface area contributed by atoms with Crippen molar-refractivity contribution in [2.24, 2.45) is 0 Å². The molecule has 0 aliphatic carbocycles. The predicted octanol–water partition coefficient (Wildman–Crippen LogP) is 2.29. The maximum Gasteiger partial charge on any atom is 0.264 e. The van der Waals surface area contributed by atoms with E-state index < -0.39 is 21.8 Å². The fraction of sp³-hybridized carbons (Fsp3) is 0.381. The quantitative estimate of drug-likeness (QED) is 0.555. The molecule has 1 N–H and O–H groups in total. The molecule has 0 fully saturated rings. The minimum absolute atomic E-state index is 0.132. The topological polar surface area (TPSA) is 122 Å². The summed E-state index contributed by atoms with van der Waals surface area (Å²) >= 11 is 1.09. The molecule has 0 saturated heterocycles. The van der Waals surface area contributed by atoms with Crippen LogP contribution in [0.5, 0.6) is 11.5 Å². The van der Waals surface area contributed by atoms with Crippen molar-refractivity contribution in [3.63, 3.8) is 0 Å². The summed E-state index contributed by atoms with van der Waals surface area (Å²) < 4.78 is 34.9. The highest BCUT2D eigenvalue weighted by molar-refractivity contribution is 7.89. The fourth-order valence-corrected chi connectivity index (χ4v) is 4.59. The number of sulfonamides is 1. The van der Waals surface area contributed by atoms with Crippen LogP contribution < -0.4 is 14.8 Å². The van der Waals surface area contributed by atoms with Gasteiger partial charge in [0.15, 0.2) is 11.5 Å². The Kier molecular flexibility index (Phi) is 8.97. The minimum Gasteiger partial charge on any atom is -0.493 e. The van der Waals surface area contributed by atoms with Crippen molar-refractivity contribution in [3.05, 3.63) is 40.8 Å². The van der Waals surface area contributed by atoms with Gasteiger partial charge in [0, 0.05) is 32.9 Å². The number of hydrogen-bond donors (Lipinski definition) is 1. The third kappa shape index (κ3) is 6.30. The lowest BCUT2D eigenvalue weighted by Gasteiger charge is -2.16. The largest absolute Gasteiger partial charge is 0.493 e. The Morgan fingerprint density at radius 2 is 1.79 bits per heavy atom. The van der Waals surface area contributed by atoms with Crippen molar-refractivity contribution in [1.82, 2.24) is 9.21 Å². The number of hydrogen-bond acceptors (Lipinski definition) is 8. The molecule has 0 atom stereocenters. The summed E-state index contributed by atoms with van der Waals surface area (Å²) in [4.78, 5) is 36.5. The summed E-state index contributed by atoms with van der Waals surface area (Å²) in [5, 5.41) is 4.29. The summed E-state index contributed by atoms with van der Waals surface area (Å²) in [5.74, 6) is -0.230. The van der Waals surface area contributed by atoms with Crippen LogP contribution >= 0.6 is 11.3 Å². The van der Waals surface area contributed by atoms with E-state index in [1.165, 1.54) is 26.4 Å². The van der Waals surface area contributed by atoms with Gasteiger partial charge in [-0.15, -0.1) is 11.3 Å². The molecule has 0 unspecified atom stereocenters. The number of nitrogens with one attached hydrogen (secondary N) is 1. The van der Waals surface area contributed by atoms with Crippen molar-refractivity contribution in [2.75, 3.05) is 45.4 Å². The van der Waals surface area contributed by atoms with Gasteiger partial charge in [-0.05, 0) is 19.1 Å². The van der Waals surface area contributed by atoms with Crippen molar-refractivity contribution >= 4 is 44.1 Å².